The molecular formula is C15H20Cl3NO4. The van der Waals surface area contributed by atoms with Crippen LogP contribution in [0.3, 0.4) is 0 Å². The van der Waals surface area contributed by atoms with E-state index in [4.69, 9.17) is 41.8 Å². The van der Waals surface area contributed by atoms with E-state index in [1.54, 1.807) is 0 Å². The van der Waals surface area contributed by atoms with Crippen molar-refractivity contribution in [1.29, 1.82) is 0 Å². The van der Waals surface area contributed by atoms with Crippen LogP contribution < -0.4 is 14.0 Å². The summed E-state index contributed by atoms with van der Waals surface area (Å²) in [5.74, 6) is 0. The van der Waals surface area contributed by atoms with Crippen molar-refractivity contribution < 1.29 is 28.9 Å². The Balaban J connectivity index is 0.000000338. The average Bonchev–Trinajstić information content (AvgIpc) is 2.45. The van der Waals surface area contributed by atoms with Gasteiger partial charge in [-0.25, -0.2) is 0 Å². The van der Waals surface area contributed by atoms with Gasteiger partial charge in [-0.2, -0.15) is 14.0 Å². The molecule has 2 aliphatic heterocycles. The molecule has 0 spiro atoms. The van der Waals surface area contributed by atoms with E-state index in [-0.39, 0.29) is 0 Å². The Kier molecular flexibility index (Phi) is 6.95. The predicted molar refractivity (Wildman–Crippen MR) is 79.6 cm³/mol. The Bertz CT molecular complexity index is 496. The number of nitrogens with zero attached hydrogens (tertiary/aromatic N) is 1. The van der Waals surface area contributed by atoms with Crippen molar-refractivity contribution in [3.63, 3.8) is 0 Å². The lowest BCUT2D eigenvalue weighted by Gasteiger charge is -2.45. The van der Waals surface area contributed by atoms with Crippen LogP contribution in [0.5, 0.6) is 0 Å². The maximum Gasteiger partial charge on any atom is 0.0777 e. The van der Waals surface area contributed by atoms with Crippen LogP contribution in [0.2, 0.25) is 10.0 Å². The van der Waals surface area contributed by atoms with Gasteiger partial charge >= 0.3 is 0 Å². The van der Waals surface area contributed by atoms with Crippen LogP contribution in [0.25, 0.3) is 0 Å². The van der Waals surface area contributed by atoms with Crippen LogP contribution in [-0.2, 0) is 0 Å². The molecule has 2 saturated heterocycles. The van der Waals surface area contributed by atoms with E-state index >= 15 is 0 Å². The van der Waals surface area contributed by atoms with Crippen LogP contribution in [0.4, 0.5) is 0 Å². The van der Waals surface area contributed by atoms with Gasteiger partial charge in [0.25, 0.3) is 0 Å². The fourth-order valence-electron chi connectivity index (χ4n) is 3.60. The van der Waals surface area contributed by atoms with Gasteiger partial charge in [0.2, 0.25) is 0 Å². The van der Waals surface area contributed by atoms with Crippen LogP contribution in [-0.4, -0.2) is 22.1 Å². The summed E-state index contributed by atoms with van der Waals surface area (Å²) < 4.78 is 32.7. The normalized spacial score (nSPS) is 25.3. The van der Waals surface area contributed by atoms with Gasteiger partial charge in [0.05, 0.1) is 14.9 Å². The van der Waals surface area contributed by atoms with Crippen molar-refractivity contribution in [2.24, 2.45) is 0 Å². The molecule has 8 heteroatoms. The average molecular weight is 385 g/mol. The summed E-state index contributed by atoms with van der Waals surface area (Å²) in [6.45, 7) is 1.21. The van der Waals surface area contributed by atoms with Crippen LogP contribution in [0.1, 0.15) is 50.1 Å². The Morgan fingerprint density at radius 2 is 1.57 bits per heavy atom. The lowest BCUT2D eigenvalue weighted by molar-refractivity contribution is -1.92. The van der Waals surface area contributed by atoms with Crippen molar-refractivity contribution in [2.75, 3.05) is 6.54 Å². The van der Waals surface area contributed by atoms with Gasteiger partial charge in [-0.1, -0.05) is 35.7 Å². The van der Waals surface area contributed by atoms with Gasteiger partial charge in [0.15, 0.2) is 0 Å². The van der Waals surface area contributed by atoms with Crippen molar-refractivity contribution >= 4 is 23.2 Å². The summed E-state index contributed by atoms with van der Waals surface area (Å²) >= 11 is 12.8. The third-order valence-corrected chi connectivity index (χ3v) is 5.08. The number of benzene rings is 1. The Morgan fingerprint density at radius 1 is 1.00 bits per heavy atom. The summed E-state index contributed by atoms with van der Waals surface area (Å²) in [4.78, 5) is 2.65. The van der Waals surface area contributed by atoms with Gasteiger partial charge in [0, 0.05) is 27.7 Å². The highest BCUT2D eigenvalue weighted by Gasteiger charge is 2.34. The van der Waals surface area contributed by atoms with E-state index in [1.165, 1.54) is 45.1 Å². The molecule has 23 heavy (non-hydrogen) atoms. The largest absolute Gasteiger partial charge is 0.293 e. The number of rotatable bonds is 1. The monoisotopic (exact) mass is 383 g/mol. The molecule has 0 saturated carbocycles. The first-order valence-corrected chi connectivity index (χ1v) is 9.62. The van der Waals surface area contributed by atoms with Gasteiger partial charge in [0.1, 0.15) is 0 Å². The third kappa shape index (κ3) is 5.73. The molecule has 0 radical (unpaired) electrons. The molecule has 2 atom stereocenters. The number of fused-ring (bicyclic) bond motifs is 1. The molecule has 1 aromatic carbocycles. The Labute approximate surface area is 148 Å². The summed E-state index contributed by atoms with van der Waals surface area (Å²) in [6.07, 6.45) is 7.88. The molecule has 2 heterocycles. The predicted octanol–water partition coefficient (Wildman–Crippen LogP) is 0.949. The SMILES string of the molecule is Clc1cccc(Cl)c1[C@@H]1CCC[C@H]2CCCCN21.[O-][Cl+3]([O-])([O-])O. The van der Waals surface area contributed by atoms with Gasteiger partial charge in [-0.05, 0) is 50.8 Å². The highest BCUT2D eigenvalue weighted by Crippen LogP contribution is 2.43. The molecule has 0 aromatic heterocycles. The molecule has 130 valence electrons. The topological polar surface area (TPSA) is 92.7 Å². The second-order valence-electron chi connectivity index (χ2n) is 5.87. The van der Waals surface area contributed by atoms with Gasteiger partial charge < -0.3 is 0 Å². The molecule has 0 amide bonds. The quantitative estimate of drug-likeness (QED) is 0.778. The van der Waals surface area contributed by atoms with E-state index in [9.17, 15) is 0 Å². The van der Waals surface area contributed by atoms with Gasteiger partial charge in [-0.15, -0.1) is 0 Å². The molecular weight excluding hydrogens is 365 g/mol. The standard InChI is InChI=1S/C15H19Cl2N.ClHO4/c16-12-7-4-8-13(17)15(12)14-9-3-6-11-5-1-2-10-18(11)14;2-1(3,4)5/h4,7-8,11,14H,1-3,5-6,9-10H2;(H,2,3,4,5)/t11-,14+;/m1./s1. The second kappa shape index (κ2) is 8.32. The summed E-state index contributed by atoms with van der Waals surface area (Å²) in [7, 11) is -4.69. The second-order valence-corrected chi connectivity index (χ2v) is 7.47. The molecule has 1 aromatic rings. The highest BCUT2D eigenvalue weighted by atomic mass is 35.7. The van der Waals surface area contributed by atoms with Crippen molar-refractivity contribution in [3.05, 3.63) is 33.8 Å². The van der Waals surface area contributed by atoms with Crippen molar-refractivity contribution in [1.82, 2.24) is 4.90 Å². The first kappa shape index (κ1) is 19.2. The van der Waals surface area contributed by atoms with E-state index in [0.29, 0.717) is 6.04 Å². The van der Waals surface area contributed by atoms with Crippen LogP contribution >= 0.6 is 23.2 Å². The lowest BCUT2D eigenvalue weighted by atomic mass is 9.86. The molecule has 2 fully saturated rings. The summed E-state index contributed by atoms with van der Waals surface area (Å²) in [5, 5.41) is 1.66. The zero-order valence-electron chi connectivity index (χ0n) is 12.6. The minimum Gasteiger partial charge on any atom is -0.293 e. The van der Waals surface area contributed by atoms with Crippen molar-refractivity contribution in [2.45, 2.75) is 50.6 Å². The molecule has 3 rings (SSSR count). The maximum absolute atomic E-state index is 8.60. The van der Waals surface area contributed by atoms with E-state index in [2.05, 4.69) is 4.90 Å². The molecule has 1 N–H and O–H groups in total. The Hall–Kier alpha value is -0.110. The fourth-order valence-corrected chi connectivity index (χ4v) is 4.24. The minimum absolute atomic E-state index is 0.435. The molecule has 2 aliphatic rings. The first-order chi connectivity index (χ1) is 10.8. The number of piperidine rings is 2. The zero-order valence-corrected chi connectivity index (χ0v) is 14.9. The number of halogens is 3. The van der Waals surface area contributed by atoms with Crippen LogP contribution in [0.15, 0.2) is 18.2 Å². The summed E-state index contributed by atoms with van der Waals surface area (Å²) in [5.41, 5.74) is 1.16. The molecule has 0 unspecified atom stereocenters. The maximum atomic E-state index is 8.60. The molecule has 5 nitrogen and oxygen atoms in total. The smallest absolute Gasteiger partial charge is 0.0777 e. The van der Waals surface area contributed by atoms with E-state index in [1.807, 2.05) is 18.2 Å². The molecule has 0 bridgehead atoms. The van der Waals surface area contributed by atoms with Gasteiger partial charge in [-0.3, -0.25) is 4.90 Å². The fraction of sp³-hybridized carbons (Fsp3) is 0.600. The minimum atomic E-state index is -4.69. The third-order valence-electron chi connectivity index (χ3n) is 4.42. The Morgan fingerprint density at radius 3 is 2.17 bits per heavy atom. The first-order valence-electron chi connectivity index (χ1n) is 7.60. The molecule has 0 aliphatic carbocycles. The van der Waals surface area contributed by atoms with E-state index < -0.39 is 10.2 Å². The summed E-state index contributed by atoms with van der Waals surface area (Å²) in [6, 6.07) is 7.06. The lowest BCUT2D eigenvalue weighted by Crippen LogP contribution is -2.58. The highest BCUT2D eigenvalue weighted by molar-refractivity contribution is 6.36. The number of hydrogen-bond acceptors (Lipinski definition) is 5. The van der Waals surface area contributed by atoms with Crippen molar-refractivity contribution in [3.8, 4) is 0 Å². The van der Waals surface area contributed by atoms with Crippen LogP contribution in [0, 0.1) is 10.2 Å². The zero-order chi connectivity index (χ0) is 17.0. The van der Waals surface area contributed by atoms with E-state index in [0.717, 1.165) is 21.7 Å². The number of hydrogen-bond donors (Lipinski definition) is 1.